The number of aryl methyl sites for hydroxylation is 1. The molecule has 0 atom stereocenters. The van der Waals surface area contributed by atoms with Crippen molar-refractivity contribution < 1.29 is 13.7 Å². The Balaban J connectivity index is 1.74. The van der Waals surface area contributed by atoms with Crippen LogP contribution < -0.4 is 4.74 Å². The molecule has 2 aromatic carbocycles. The summed E-state index contributed by atoms with van der Waals surface area (Å²) < 4.78 is 16.5. The topological polar surface area (TPSA) is 74.2 Å². The van der Waals surface area contributed by atoms with Crippen molar-refractivity contribution in [1.29, 1.82) is 0 Å². The summed E-state index contributed by atoms with van der Waals surface area (Å²) in [6.45, 7) is 4.32. The number of rotatable bonds is 4. The molecule has 0 N–H and O–H groups in total. The maximum Gasteiger partial charge on any atom is 0.262 e. The van der Waals surface area contributed by atoms with Crippen molar-refractivity contribution in [2.24, 2.45) is 0 Å². The molecule has 0 aliphatic rings. The lowest BCUT2D eigenvalue weighted by molar-refractivity contribution is 0.339. The summed E-state index contributed by atoms with van der Waals surface area (Å²) in [6, 6.07) is 13.2. The van der Waals surface area contributed by atoms with Crippen LogP contribution in [-0.4, -0.2) is 21.7 Å². The molecule has 6 heteroatoms. The van der Waals surface area contributed by atoms with Crippen molar-refractivity contribution in [3.05, 3.63) is 48.4 Å². The van der Waals surface area contributed by atoms with E-state index in [1.807, 2.05) is 56.3 Å². The SMILES string of the molecule is CCOc1ccccc1-c1nc(-c2ccc3oc(C)nc3c2)no1. The van der Waals surface area contributed by atoms with Crippen LogP contribution in [0.1, 0.15) is 12.8 Å². The fourth-order valence-electron chi connectivity index (χ4n) is 2.56. The molecule has 0 saturated heterocycles. The minimum atomic E-state index is 0.422. The molecule has 0 unspecified atom stereocenters. The first-order chi connectivity index (χ1) is 11.7. The molecular weight excluding hydrogens is 306 g/mol. The highest BCUT2D eigenvalue weighted by molar-refractivity contribution is 5.79. The van der Waals surface area contributed by atoms with Crippen LogP contribution in [0.15, 0.2) is 51.4 Å². The van der Waals surface area contributed by atoms with E-state index in [-0.39, 0.29) is 0 Å². The van der Waals surface area contributed by atoms with Crippen LogP contribution in [-0.2, 0) is 0 Å². The number of hydrogen-bond acceptors (Lipinski definition) is 6. The third-order valence-corrected chi connectivity index (χ3v) is 3.60. The van der Waals surface area contributed by atoms with Crippen LogP contribution in [0.5, 0.6) is 5.75 Å². The predicted octanol–water partition coefficient (Wildman–Crippen LogP) is 4.25. The Bertz CT molecular complexity index is 1000. The Hall–Kier alpha value is -3.15. The molecule has 0 bridgehead atoms. The first kappa shape index (κ1) is 14.4. The van der Waals surface area contributed by atoms with E-state index in [9.17, 15) is 0 Å². The van der Waals surface area contributed by atoms with Gasteiger partial charge in [0.2, 0.25) is 5.82 Å². The highest BCUT2D eigenvalue weighted by atomic mass is 16.5. The van der Waals surface area contributed by atoms with Crippen LogP contribution in [0.3, 0.4) is 0 Å². The largest absolute Gasteiger partial charge is 0.493 e. The molecular formula is C18H15N3O3. The molecule has 0 saturated carbocycles. The summed E-state index contributed by atoms with van der Waals surface area (Å²) >= 11 is 0. The quantitative estimate of drug-likeness (QED) is 0.559. The summed E-state index contributed by atoms with van der Waals surface area (Å²) in [5.74, 6) is 2.27. The van der Waals surface area contributed by atoms with Crippen LogP contribution in [0.25, 0.3) is 33.9 Å². The van der Waals surface area contributed by atoms with Crippen molar-refractivity contribution in [3.63, 3.8) is 0 Å². The van der Waals surface area contributed by atoms with Gasteiger partial charge in [-0.15, -0.1) is 0 Å². The van der Waals surface area contributed by atoms with Crippen molar-refractivity contribution >= 4 is 11.1 Å². The van der Waals surface area contributed by atoms with E-state index in [1.165, 1.54) is 0 Å². The van der Waals surface area contributed by atoms with Crippen molar-refractivity contribution in [2.75, 3.05) is 6.61 Å². The number of ether oxygens (including phenoxy) is 1. The summed E-state index contributed by atoms with van der Waals surface area (Å²) in [5, 5.41) is 4.08. The first-order valence-electron chi connectivity index (χ1n) is 7.68. The van der Waals surface area contributed by atoms with Crippen LogP contribution in [0.4, 0.5) is 0 Å². The highest BCUT2D eigenvalue weighted by Crippen LogP contribution is 2.30. The molecule has 0 radical (unpaired) electrons. The molecule has 120 valence electrons. The van der Waals surface area contributed by atoms with Gasteiger partial charge in [0.25, 0.3) is 5.89 Å². The number of aromatic nitrogens is 3. The first-order valence-corrected chi connectivity index (χ1v) is 7.68. The molecule has 0 fully saturated rings. The van der Waals surface area contributed by atoms with Gasteiger partial charge in [0.1, 0.15) is 11.3 Å². The van der Waals surface area contributed by atoms with Gasteiger partial charge in [0.05, 0.1) is 12.2 Å². The average Bonchev–Trinajstić information content (AvgIpc) is 3.20. The van der Waals surface area contributed by atoms with E-state index in [4.69, 9.17) is 13.7 Å². The number of fused-ring (bicyclic) bond motifs is 1. The summed E-state index contributed by atoms with van der Waals surface area (Å²) in [5.41, 5.74) is 3.10. The van der Waals surface area contributed by atoms with Gasteiger partial charge >= 0.3 is 0 Å². The third-order valence-electron chi connectivity index (χ3n) is 3.60. The number of hydrogen-bond donors (Lipinski definition) is 0. The van der Waals surface area contributed by atoms with Crippen LogP contribution >= 0.6 is 0 Å². The van der Waals surface area contributed by atoms with Gasteiger partial charge in [-0.3, -0.25) is 0 Å². The zero-order valence-corrected chi connectivity index (χ0v) is 13.3. The van der Waals surface area contributed by atoms with E-state index < -0.39 is 0 Å². The van der Waals surface area contributed by atoms with Gasteiger partial charge in [0.15, 0.2) is 11.5 Å². The Labute approximate surface area is 138 Å². The van der Waals surface area contributed by atoms with Gasteiger partial charge in [0, 0.05) is 12.5 Å². The third kappa shape index (κ3) is 2.52. The van der Waals surface area contributed by atoms with E-state index in [2.05, 4.69) is 15.1 Å². The number of nitrogens with zero attached hydrogens (tertiary/aromatic N) is 3. The van der Waals surface area contributed by atoms with Gasteiger partial charge in [-0.2, -0.15) is 4.98 Å². The lowest BCUT2D eigenvalue weighted by Crippen LogP contribution is -1.93. The maximum absolute atomic E-state index is 5.62. The molecule has 2 aromatic heterocycles. The molecule has 0 spiro atoms. The molecule has 6 nitrogen and oxygen atoms in total. The fourth-order valence-corrected chi connectivity index (χ4v) is 2.56. The molecule has 0 aliphatic heterocycles. The van der Waals surface area contributed by atoms with Gasteiger partial charge in [-0.1, -0.05) is 17.3 Å². The molecule has 4 rings (SSSR count). The second-order valence-corrected chi connectivity index (χ2v) is 5.27. The normalized spacial score (nSPS) is 11.1. The average molecular weight is 321 g/mol. The Morgan fingerprint density at radius 3 is 2.83 bits per heavy atom. The van der Waals surface area contributed by atoms with Crippen molar-refractivity contribution in [3.8, 4) is 28.6 Å². The zero-order chi connectivity index (χ0) is 16.5. The summed E-state index contributed by atoms with van der Waals surface area (Å²) in [7, 11) is 0. The molecule has 0 aliphatic carbocycles. The minimum absolute atomic E-state index is 0.422. The number of oxazole rings is 1. The van der Waals surface area contributed by atoms with Gasteiger partial charge in [-0.05, 0) is 37.3 Å². The van der Waals surface area contributed by atoms with E-state index >= 15 is 0 Å². The van der Waals surface area contributed by atoms with Crippen molar-refractivity contribution in [2.45, 2.75) is 13.8 Å². The van der Waals surface area contributed by atoms with E-state index in [0.717, 1.165) is 28.0 Å². The smallest absolute Gasteiger partial charge is 0.262 e. The van der Waals surface area contributed by atoms with Gasteiger partial charge in [-0.25, -0.2) is 4.98 Å². The summed E-state index contributed by atoms with van der Waals surface area (Å²) in [6.07, 6.45) is 0. The van der Waals surface area contributed by atoms with Crippen molar-refractivity contribution in [1.82, 2.24) is 15.1 Å². The minimum Gasteiger partial charge on any atom is -0.493 e. The van der Waals surface area contributed by atoms with E-state index in [0.29, 0.717) is 24.2 Å². The lowest BCUT2D eigenvalue weighted by Gasteiger charge is -2.05. The van der Waals surface area contributed by atoms with Crippen LogP contribution in [0, 0.1) is 6.92 Å². The van der Waals surface area contributed by atoms with E-state index in [1.54, 1.807) is 0 Å². The zero-order valence-electron chi connectivity index (χ0n) is 13.3. The second kappa shape index (κ2) is 5.81. The molecule has 0 amide bonds. The molecule has 24 heavy (non-hydrogen) atoms. The molecule has 2 heterocycles. The Morgan fingerprint density at radius 2 is 1.96 bits per heavy atom. The maximum atomic E-state index is 5.62. The second-order valence-electron chi connectivity index (χ2n) is 5.27. The molecule has 4 aromatic rings. The highest BCUT2D eigenvalue weighted by Gasteiger charge is 2.15. The Morgan fingerprint density at radius 1 is 1.08 bits per heavy atom. The standard InChI is InChI=1S/C18H15N3O3/c1-3-22-15-7-5-4-6-13(15)18-20-17(21-24-18)12-8-9-16-14(10-12)19-11(2)23-16/h4-10H,3H2,1-2H3. The number of benzene rings is 2. The van der Waals surface area contributed by atoms with Gasteiger partial charge < -0.3 is 13.7 Å². The summed E-state index contributed by atoms with van der Waals surface area (Å²) in [4.78, 5) is 8.82. The predicted molar refractivity (Wildman–Crippen MR) is 88.6 cm³/mol. The fraction of sp³-hybridized carbons (Fsp3) is 0.167. The Kier molecular flexibility index (Phi) is 3.49. The lowest BCUT2D eigenvalue weighted by atomic mass is 10.2. The monoisotopic (exact) mass is 321 g/mol. The number of para-hydroxylation sites is 1. The van der Waals surface area contributed by atoms with Crippen LogP contribution in [0.2, 0.25) is 0 Å².